The number of aromatic nitrogens is 2. The fourth-order valence-corrected chi connectivity index (χ4v) is 6.31. The van der Waals surface area contributed by atoms with Crippen LogP contribution >= 0.6 is 11.6 Å². The Balaban J connectivity index is 1.47. The highest BCUT2D eigenvalue weighted by molar-refractivity contribution is 6.29. The molecule has 254 valence electrons. The number of halogens is 1. The highest BCUT2D eigenvalue weighted by Crippen LogP contribution is 2.34. The van der Waals surface area contributed by atoms with E-state index in [1.165, 1.54) is 36.8 Å². The van der Waals surface area contributed by atoms with Gasteiger partial charge in [0, 0.05) is 26.1 Å². The summed E-state index contributed by atoms with van der Waals surface area (Å²) >= 11 is 6.00. The maximum atomic E-state index is 14.6. The molecule has 1 aliphatic heterocycles. The van der Waals surface area contributed by atoms with E-state index < -0.39 is 41.4 Å². The summed E-state index contributed by atoms with van der Waals surface area (Å²) in [4.78, 5) is 63.9. The third kappa shape index (κ3) is 7.70. The highest BCUT2D eigenvalue weighted by atomic mass is 35.5. The van der Waals surface area contributed by atoms with Crippen molar-refractivity contribution >= 4 is 35.4 Å². The lowest BCUT2D eigenvalue weighted by molar-refractivity contribution is -0.147. The topological polar surface area (TPSA) is 154 Å². The van der Waals surface area contributed by atoms with Gasteiger partial charge < -0.3 is 25.4 Å². The van der Waals surface area contributed by atoms with Crippen molar-refractivity contribution in [2.75, 3.05) is 7.05 Å². The Morgan fingerprint density at radius 2 is 1.81 bits per heavy atom. The molecule has 4 amide bonds. The number of rotatable bonds is 8. The van der Waals surface area contributed by atoms with E-state index in [0.29, 0.717) is 5.75 Å². The number of nitrogens with zero attached hydrogens (tertiary/aromatic N) is 4. The summed E-state index contributed by atoms with van der Waals surface area (Å²) in [5.74, 6) is -0.650. The lowest BCUT2D eigenvalue weighted by Gasteiger charge is -2.42. The number of hydrogen-bond acceptors (Lipinski definition) is 7. The predicted octanol–water partition coefficient (Wildman–Crippen LogP) is 4.90. The maximum Gasteiger partial charge on any atom is 0.407 e. The van der Waals surface area contributed by atoms with Gasteiger partial charge in [-0.05, 0) is 66.0 Å². The quantitative estimate of drug-likeness (QED) is 0.285. The van der Waals surface area contributed by atoms with Gasteiger partial charge in [0.25, 0.3) is 0 Å². The third-order valence-corrected chi connectivity index (χ3v) is 9.28. The van der Waals surface area contributed by atoms with Crippen LogP contribution in [0.2, 0.25) is 5.15 Å². The fraction of sp³-hybridized carbons (Fsp3) is 0.429. The highest BCUT2D eigenvalue weighted by Gasteiger charge is 2.43. The largest absolute Gasteiger partial charge is 0.465 e. The monoisotopic (exact) mass is 676 g/mol. The lowest BCUT2D eigenvalue weighted by atomic mass is 9.83. The number of nitrogens with one attached hydrogen (secondary N) is 2. The van der Waals surface area contributed by atoms with Crippen LogP contribution in [0.3, 0.4) is 0 Å². The molecule has 0 radical (unpaired) electrons. The molecule has 48 heavy (non-hydrogen) atoms. The Bertz CT molecular complexity index is 1710. The second-order valence-electron chi connectivity index (χ2n) is 13.4. The molecule has 4 atom stereocenters. The van der Waals surface area contributed by atoms with Gasteiger partial charge in [0.2, 0.25) is 23.6 Å². The minimum Gasteiger partial charge on any atom is -0.465 e. The molecule has 0 saturated carbocycles. The molecular formula is C35H41ClN6O6. The average Bonchev–Trinajstić information content (AvgIpc) is 3.05. The Labute approximate surface area is 284 Å². The van der Waals surface area contributed by atoms with Gasteiger partial charge in [-0.25, -0.2) is 14.8 Å². The second-order valence-corrected chi connectivity index (χ2v) is 13.8. The molecule has 0 saturated heterocycles. The van der Waals surface area contributed by atoms with E-state index in [4.69, 9.17) is 16.3 Å². The molecule has 3 unspecified atom stereocenters. The van der Waals surface area contributed by atoms with E-state index in [9.17, 15) is 24.3 Å². The molecule has 2 aromatic carbocycles. The van der Waals surface area contributed by atoms with Gasteiger partial charge >= 0.3 is 6.09 Å². The number of hydrogen-bond donors (Lipinski definition) is 3. The van der Waals surface area contributed by atoms with Gasteiger partial charge in [0.05, 0.1) is 6.04 Å². The SMILES string of the molecule is CC(C(=O)NC(C(=O)N1Cc2cc(Oc3cc(Cl)ncn3)ccc2CC1C(=O)N[C@@H]1CCCc2ccccc21)C(C)(C)C)N(C)C(=O)O. The first-order valence-corrected chi connectivity index (χ1v) is 16.3. The summed E-state index contributed by atoms with van der Waals surface area (Å²) in [7, 11) is 1.29. The Morgan fingerprint density at radius 1 is 1.06 bits per heavy atom. The molecule has 5 rings (SSSR count). The molecule has 1 aliphatic carbocycles. The Kier molecular flexibility index (Phi) is 10.2. The normalized spacial score (nSPS) is 18.4. The van der Waals surface area contributed by atoms with Crippen LogP contribution in [-0.4, -0.2) is 73.9 Å². The molecule has 3 N–H and O–H groups in total. The number of carbonyl (C=O) groups is 4. The summed E-state index contributed by atoms with van der Waals surface area (Å²) in [6, 6.07) is 11.8. The van der Waals surface area contributed by atoms with E-state index in [1.54, 1.807) is 12.1 Å². The summed E-state index contributed by atoms with van der Waals surface area (Å²) in [5.41, 5.74) is 3.14. The van der Waals surface area contributed by atoms with Crippen molar-refractivity contribution in [3.63, 3.8) is 0 Å². The van der Waals surface area contributed by atoms with Crippen molar-refractivity contribution in [3.05, 3.63) is 82.3 Å². The van der Waals surface area contributed by atoms with E-state index in [-0.39, 0.29) is 35.9 Å². The van der Waals surface area contributed by atoms with Gasteiger partial charge in [0.15, 0.2) is 0 Å². The number of ether oxygens (including phenoxy) is 1. The Hall–Kier alpha value is -4.71. The van der Waals surface area contributed by atoms with Gasteiger partial charge in [0.1, 0.15) is 35.4 Å². The second kappa shape index (κ2) is 14.2. The van der Waals surface area contributed by atoms with Crippen molar-refractivity contribution < 1.29 is 29.0 Å². The van der Waals surface area contributed by atoms with Gasteiger partial charge in [-0.15, -0.1) is 0 Å². The first kappa shape index (κ1) is 34.6. The number of amides is 4. The maximum absolute atomic E-state index is 14.6. The molecule has 12 nitrogen and oxygen atoms in total. The average molecular weight is 677 g/mol. The van der Waals surface area contributed by atoms with Crippen LogP contribution in [0.15, 0.2) is 54.9 Å². The molecule has 1 aromatic heterocycles. The van der Waals surface area contributed by atoms with Crippen molar-refractivity contribution in [2.24, 2.45) is 5.41 Å². The minimum atomic E-state index is -1.27. The molecule has 2 aliphatic rings. The number of carbonyl (C=O) groups excluding carboxylic acids is 3. The number of likely N-dealkylation sites (N-methyl/N-ethyl adjacent to an activating group) is 1. The minimum absolute atomic E-state index is 0.0717. The van der Waals surface area contributed by atoms with Gasteiger partial charge in [-0.3, -0.25) is 19.3 Å². The van der Waals surface area contributed by atoms with Crippen molar-refractivity contribution in [2.45, 2.75) is 84.1 Å². The lowest BCUT2D eigenvalue weighted by Crippen LogP contribution is -2.62. The predicted molar refractivity (Wildman–Crippen MR) is 178 cm³/mol. The molecule has 13 heteroatoms. The van der Waals surface area contributed by atoms with Crippen LogP contribution < -0.4 is 15.4 Å². The van der Waals surface area contributed by atoms with Crippen LogP contribution in [0.4, 0.5) is 4.79 Å². The Morgan fingerprint density at radius 3 is 2.52 bits per heavy atom. The van der Waals surface area contributed by atoms with Crippen molar-refractivity contribution in [1.29, 1.82) is 0 Å². The smallest absolute Gasteiger partial charge is 0.407 e. The van der Waals surface area contributed by atoms with Crippen molar-refractivity contribution in [3.8, 4) is 11.6 Å². The van der Waals surface area contributed by atoms with Crippen molar-refractivity contribution in [1.82, 2.24) is 30.4 Å². The van der Waals surface area contributed by atoms with E-state index in [1.807, 2.05) is 45.0 Å². The van der Waals surface area contributed by atoms with E-state index in [0.717, 1.165) is 40.9 Å². The third-order valence-electron chi connectivity index (χ3n) is 9.07. The van der Waals surface area contributed by atoms with Gasteiger partial charge in [-0.1, -0.05) is 62.7 Å². The zero-order valence-corrected chi connectivity index (χ0v) is 28.5. The zero-order valence-electron chi connectivity index (χ0n) is 27.7. The summed E-state index contributed by atoms with van der Waals surface area (Å²) in [5, 5.41) is 15.7. The molecule has 3 aromatic rings. The number of aryl methyl sites for hydroxylation is 1. The first-order valence-electron chi connectivity index (χ1n) is 15.9. The number of fused-ring (bicyclic) bond motifs is 2. The van der Waals surface area contributed by atoms with E-state index in [2.05, 4.69) is 26.7 Å². The number of benzene rings is 2. The van der Waals surface area contributed by atoms with Crippen LogP contribution in [0.5, 0.6) is 11.6 Å². The molecule has 2 heterocycles. The summed E-state index contributed by atoms with van der Waals surface area (Å²) in [6.45, 7) is 6.96. The standard InChI is InChI=1S/C35H41ClN6O6/c1-20(41(5)34(46)47)31(43)40-30(35(2,3)4)33(45)42-18-23-15-24(48-29-17-28(36)37-19-38-29)14-13-22(23)16-27(42)32(44)39-26-12-8-10-21-9-6-7-11-25(21)26/h6-7,9,11,13-15,17,19-20,26-27,30H,8,10,12,16,18H2,1-5H3,(H,39,44)(H,40,43)(H,46,47)/t20?,26-,27?,30?/m1/s1. The molecule has 0 bridgehead atoms. The summed E-state index contributed by atoms with van der Waals surface area (Å²) in [6.07, 6.45) is 2.91. The molecule has 0 spiro atoms. The van der Waals surface area contributed by atoms with Crippen LogP contribution in [-0.2, 0) is 33.8 Å². The van der Waals surface area contributed by atoms with E-state index >= 15 is 0 Å². The molecule has 0 fully saturated rings. The van der Waals surface area contributed by atoms with Crippen LogP contribution in [0, 0.1) is 5.41 Å². The summed E-state index contributed by atoms with van der Waals surface area (Å²) < 4.78 is 5.92. The van der Waals surface area contributed by atoms with Gasteiger partial charge in [-0.2, -0.15) is 0 Å². The molecular weight excluding hydrogens is 636 g/mol. The van der Waals surface area contributed by atoms with Crippen LogP contribution in [0.25, 0.3) is 0 Å². The van der Waals surface area contributed by atoms with Crippen LogP contribution in [0.1, 0.15) is 68.8 Å². The fourth-order valence-electron chi connectivity index (χ4n) is 6.17. The first-order chi connectivity index (χ1) is 22.7. The number of carboxylic acid groups (broad SMARTS) is 1. The zero-order chi connectivity index (χ0) is 34.7.